The van der Waals surface area contributed by atoms with Crippen molar-refractivity contribution in [3.8, 4) is 11.1 Å². The van der Waals surface area contributed by atoms with Crippen LogP contribution in [0.15, 0.2) is 30.5 Å². The van der Waals surface area contributed by atoms with E-state index < -0.39 is 17.6 Å². The van der Waals surface area contributed by atoms with Crippen LogP contribution in [0.5, 0.6) is 0 Å². The topological polar surface area (TPSA) is 91.3 Å². The second-order valence-corrected chi connectivity index (χ2v) is 10.2. The van der Waals surface area contributed by atoms with Gasteiger partial charge >= 0.3 is 5.97 Å². The summed E-state index contributed by atoms with van der Waals surface area (Å²) in [4.78, 5) is 25.8. The number of fused-ring (bicyclic) bond motifs is 2. The monoisotopic (exact) mass is 494 g/mol. The molecule has 1 aliphatic carbocycles. The molecule has 0 radical (unpaired) electrons. The van der Waals surface area contributed by atoms with Crippen molar-refractivity contribution in [2.24, 2.45) is 0 Å². The average molecular weight is 495 g/mol. The van der Waals surface area contributed by atoms with Crippen molar-refractivity contribution in [2.45, 2.75) is 76.2 Å². The fourth-order valence-corrected chi connectivity index (χ4v) is 5.88. The first-order valence-corrected chi connectivity index (χ1v) is 12.5. The van der Waals surface area contributed by atoms with Crippen molar-refractivity contribution < 1.29 is 23.4 Å². The Hall–Kier alpha value is -3.33. The third kappa shape index (κ3) is 4.15. The van der Waals surface area contributed by atoms with Crippen molar-refractivity contribution >= 4 is 11.9 Å². The number of carbonyl (C=O) groups is 1. The molecule has 7 nitrogen and oxygen atoms in total. The van der Waals surface area contributed by atoms with Crippen molar-refractivity contribution in [3.05, 3.63) is 64.7 Å². The van der Waals surface area contributed by atoms with Crippen LogP contribution in [0.1, 0.15) is 71.9 Å². The summed E-state index contributed by atoms with van der Waals surface area (Å²) in [6.45, 7) is 2.11. The highest BCUT2D eigenvalue weighted by Crippen LogP contribution is 2.45. The maximum Gasteiger partial charge on any atom is 0.354 e. The second-order valence-electron chi connectivity index (χ2n) is 10.2. The largest absolute Gasteiger partial charge is 0.477 e. The van der Waals surface area contributed by atoms with Crippen molar-refractivity contribution in [3.63, 3.8) is 0 Å². The van der Waals surface area contributed by atoms with Crippen molar-refractivity contribution in [1.82, 2.24) is 15.0 Å². The van der Waals surface area contributed by atoms with Crippen LogP contribution in [-0.2, 0) is 11.3 Å². The number of halogens is 2. The lowest BCUT2D eigenvalue weighted by molar-refractivity contribution is 0.0148. The number of piperidine rings is 1. The van der Waals surface area contributed by atoms with Crippen LogP contribution in [-0.4, -0.2) is 44.2 Å². The third-order valence-electron chi connectivity index (χ3n) is 7.70. The molecule has 9 heteroatoms. The maximum absolute atomic E-state index is 14.6. The summed E-state index contributed by atoms with van der Waals surface area (Å²) in [6.07, 6.45) is 7.45. The Bertz CT molecular complexity index is 1310. The van der Waals surface area contributed by atoms with E-state index in [4.69, 9.17) is 4.74 Å². The number of carboxylic acids is 1. The molecule has 2 aliphatic heterocycles. The Kier molecular flexibility index (Phi) is 5.75. The highest BCUT2D eigenvalue weighted by molar-refractivity contribution is 5.85. The lowest BCUT2D eigenvalue weighted by Gasteiger charge is -2.39. The van der Waals surface area contributed by atoms with Crippen LogP contribution in [0.4, 0.5) is 14.7 Å². The fraction of sp³-hybridized carbons (Fsp3) is 0.444. The number of aromatic carboxylic acids is 1. The lowest BCUT2D eigenvalue weighted by atomic mass is 9.99. The Labute approximate surface area is 207 Å². The van der Waals surface area contributed by atoms with Gasteiger partial charge in [0, 0.05) is 46.4 Å². The van der Waals surface area contributed by atoms with E-state index in [9.17, 15) is 18.7 Å². The SMILES string of the molecule is Cc1cc(C(=O)O)nc(N2C3CCC2CC(OCc2c(-c4cccc(F)c4F)c[nH]c2C2CC2)C3)n1. The first-order chi connectivity index (χ1) is 17.4. The number of rotatable bonds is 7. The van der Waals surface area contributed by atoms with Gasteiger partial charge in [-0.25, -0.2) is 23.5 Å². The zero-order chi connectivity index (χ0) is 25.0. The van der Waals surface area contributed by atoms with E-state index in [1.807, 2.05) is 0 Å². The molecule has 36 heavy (non-hydrogen) atoms. The van der Waals surface area contributed by atoms with Crippen LogP contribution < -0.4 is 4.90 Å². The summed E-state index contributed by atoms with van der Waals surface area (Å²) >= 11 is 0. The number of anilines is 1. The molecule has 1 saturated carbocycles. The van der Waals surface area contributed by atoms with E-state index >= 15 is 0 Å². The van der Waals surface area contributed by atoms with Crippen LogP contribution in [0.2, 0.25) is 0 Å². The van der Waals surface area contributed by atoms with Gasteiger partial charge in [0.2, 0.25) is 5.95 Å². The molecule has 3 fully saturated rings. The Balaban J connectivity index is 1.21. The lowest BCUT2D eigenvalue weighted by Crippen LogP contribution is -2.46. The van der Waals surface area contributed by atoms with Gasteiger partial charge in [0.15, 0.2) is 17.3 Å². The van der Waals surface area contributed by atoms with E-state index in [1.54, 1.807) is 19.2 Å². The van der Waals surface area contributed by atoms with E-state index in [0.29, 0.717) is 29.7 Å². The number of H-pyrrole nitrogens is 1. The highest BCUT2D eigenvalue weighted by atomic mass is 19.2. The van der Waals surface area contributed by atoms with Crippen molar-refractivity contribution in [2.75, 3.05) is 4.90 Å². The minimum absolute atomic E-state index is 0.00690. The molecule has 3 aliphatic rings. The maximum atomic E-state index is 14.6. The minimum atomic E-state index is -1.06. The number of hydrogen-bond acceptors (Lipinski definition) is 5. The summed E-state index contributed by atoms with van der Waals surface area (Å²) in [6, 6.07) is 6.09. The van der Waals surface area contributed by atoms with Crippen LogP contribution >= 0.6 is 0 Å². The summed E-state index contributed by atoms with van der Waals surface area (Å²) in [5, 5.41) is 9.41. The minimum Gasteiger partial charge on any atom is -0.477 e. The molecule has 0 spiro atoms. The zero-order valence-electron chi connectivity index (χ0n) is 20.0. The van der Waals surface area contributed by atoms with Gasteiger partial charge in [0.25, 0.3) is 0 Å². The molecule has 0 amide bonds. The van der Waals surface area contributed by atoms with Crippen LogP contribution in [0.25, 0.3) is 11.1 Å². The smallest absolute Gasteiger partial charge is 0.354 e. The molecular formula is C27H28F2N4O3. The van der Waals surface area contributed by atoms with Gasteiger partial charge in [-0.2, -0.15) is 0 Å². The van der Waals surface area contributed by atoms with Gasteiger partial charge in [-0.3, -0.25) is 0 Å². The molecule has 2 N–H and O–H groups in total. The van der Waals surface area contributed by atoms with Gasteiger partial charge in [-0.05, 0) is 63.5 Å². The molecule has 2 unspecified atom stereocenters. The number of aromatic nitrogens is 3. The van der Waals surface area contributed by atoms with Gasteiger partial charge < -0.3 is 19.7 Å². The molecule has 4 heterocycles. The van der Waals surface area contributed by atoms with Gasteiger partial charge in [-0.1, -0.05) is 12.1 Å². The standard InChI is InChI=1S/C27H28F2N4O3/c1-14-9-23(26(34)35)32-27(31-14)33-16-7-8-17(33)11-18(10-16)36-13-21-20(12-30-25(21)15-5-6-15)19-3-2-4-22(28)24(19)29/h2-4,9,12,15-18,30H,5-8,10-11,13H2,1H3,(H,34,35). The first-order valence-electron chi connectivity index (χ1n) is 12.5. The number of aromatic amines is 1. The number of hydrogen-bond donors (Lipinski definition) is 2. The molecule has 6 rings (SSSR count). The Morgan fingerprint density at radius 2 is 1.89 bits per heavy atom. The number of carboxylic acid groups (broad SMARTS) is 1. The third-order valence-corrected chi connectivity index (χ3v) is 7.70. The summed E-state index contributed by atoms with van der Waals surface area (Å²) in [7, 11) is 0. The Morgan fingerprint density at radius 3 is 2.58 bits per heavy atom. The van der Waals surface area contributed by atoms with Crippen LogP contribution in [0.3, 0.4) is 0 Å². The Morgan fingerprint density at radius 1 is 1.14 bits per heavy atom. The second kappa shape index (κ2) is 8.96. The summed E-state index contributed by atoms with van der Waals surface area (Å²) < 4.78 is 35.0. The number of benzene rings is 1. The number of aryl methyl sites for hydroxylation is 1. The number of nitrogens with zero attached hydrogens (tertiary/aromatic N) is 3. The first kappa shape index (κ1) is 23.1. The molecule has 2 bridgehead atoms. The van der Waals surface area contributed by atoms with E-state index in [0.717, 1.165) is 55.8 Å². The zero-order valence-corrected chi connectivity index (χ0v) is 20.0. The normalized spacial score (nSPS) is 23.3. The summed E-state index contributed by atoms with van der Waals surface area (Å²) in [5.74, 6) is -1.87. The van der Waals surface area contributed by atoms with Crippen molar-refractivity contribution in [1.29, 1.82) is 0 Å². The van der Waals surface area contributed by atoms with Crippen LogP contribution in [0, 0.1) is 18.6 Å². The molecule has 2 atom stereocenters. The molecular weight excluding hydrogens is 466 g/mol. The molecule has 2 saturated heterocycles. The predicted octanol–water partition coefficient (Wildman–Crippen LogP) is 5.35. The predicted molar refractivity (Wildman–Crippen MR) is 129 cm³/mol. The average Bonchev–Trinajstić information content (AvgIpc) is 3.55. The molecule has 2 aromatic heterocycles. The molecule has 3 aromatic rings. The quantitative estimate of drug-likeness (QED) is 0.460. The van der Waals surface area contributed by atoms with Gasteiger partial charge in [-0.15, -0.1) is 0 Å². The molecule has 188 valence electrons. The fourth-order valence-electron chi connectivity index (χ4n) is 5.88. The van der Waals surface area contributed by atoms with Gasteiger partial charge in [0.1, 0.15) is 0 Å². The van der Waals surface area contributed by atoms with E-state index in [2.05, 4.69) is 19.9 Å². The van der Waals surface area contributed by atoms with Gasteiger partial charge in [0.05, 0.1) is 12.7 Å². The highest BCUT2D eigenvalue weighted by Gasteiger charge is 2.43. The number of nitrogens with one attached hydrogen (secondary N) is 1. The van der Waals surface area contributed by atoms with E-state index in [-0.39, 0.29) is 29.4 Å². The molecule has 1 aromatic carbocycles. The summed E-state index contributed by atoms with van der Waals surface area (Å²) in [5.41, 5.74) is 3.51. The number of ether oxygens (including phenoxy) is 1. The van der Waals surface area contributed by atoms with E-state index in [1.165, 1.54) is 12.1 Å².